The molecule has 1 aliphatic heterocycles. The Morgan fingerprint density at radius 1 is 1.15 bits per heavy atom. The Labute approximate surface area is 192 Å². The Morgan fingerprint density at radius 3 is 2.64 bits per heavy atom. The lowest BCUT2D eigenvalue weighted by molar-refractivity contribution is -0.141. The third-order valence-corrected chi connectivity index (χ3v) is 5.38. The van der Waals surface area contributed by atoms with Crippen LogP contribution in [0.1, 0.15) is 15.9 Å². The Balaban J connectivity index is 1.79. The van der Waals surface area contributed by atoms with Crippen molar-refractivity contribution in [2.75, 3.05) is 12.0 Å². The number of benzene rings is 2. The highest BCUT2D eigenvalue weighted by molar-refractivity contribution is 7.80. The fraction of sp³-hybridized carbons (Fsp3) is 0.0870. The molecule has 1 saturated heterocycles. The van der Waals surface area contributed by atoms with Gasteiger partial charge in [-0.15, -0.1) is 0 Å². The van der Waals surface area contributed by atoms with Crippen molar-refractivity contribution >= 4 is 63.7 Å². The average Bonchev–Trinajstić information content (AvgIpc) is 3.13. The number of para-hydroxylation sites is 1. The van der Waals surface area contributed by atoms with Gasteiger partial charge in [-0.3, -0.25) is 24.6 Å². The summed E-state index contributed by atoms with van der Waals surface area (Å²) in [6.07, 6.45) is 3.07. The van der Waals surface area contributed by atoms with Crippen molar-refractivity contribution in [3.63, 3.8) is 0 Å². The molecular weight excluding hydrogens is 446 g/mol. The number of nitrogens with one attached hydrogen (secondary N) is 1. The molecule has 0 aliphatic carbocycles. The summed E-state index contributed by atoms with van der Waals surface area (Å²) in [5, 5.41) is 12.3. The second-order valence-electron chi connectivity index (χ2n) is 7.12. The van der Waals surface area contributed by atoms with Crippen LogP contribution in [-0.4, -0.2) is 45.6 Å². The molecule has 3 aromatic rings. The van der Waals surface area contributed by atoms with E-state index >= 15 is 0 Å². The molecular formula is C23H17N3O6S. The van der Waals surface area contributed by atoms with Crippen molar-refractivity contribution in [2.45, 2.75) is 6.54 Å². The second kappa shape index (κ2) is 8.67. The van der Waals surface area contributed by atoms with Gasteiger partial charge < -0.3 is 14.4 Å². The number of amides is 2. The smallest absolute Gasteiger partial charge is 0.335 e. The standard InChI is InChI=1S/C23H17N3O6S/c1-32-19(27)12-25-11-14(16-7-2-3-8-18(16)25)10-17-20(28)24-23(33)26(21(17)29)15-6-4-5-13(9-15)22(30)31/h2-11H,12H2,1H3,(H,30,31)(H,24,28,33). The first kappa shape index (κ1) is 21.9. The predicted molar refractivity (Wildman–Crippen MR) is 124 cm³/mol. The van der Waals surface area contributed by atoms with Crippen LogP contribution in [0.2, 0.25) is 0 Å². The normalized spacial score (nSPS) is 15.1. The molecule has 0 radical (unpaired) electrons. The van der Waals surface area contributed by atoms with Gasteiger partial charge in [-0.05, 0) is 42.6 Å². The van der Waals surface area contributed by atoms with E-state index in [0.29, 0.717) is 5.56 Å². The summed E-state index contributed by atoms with van der Waals surface area (Å²) in [6.45, 7) is -0.0431. The van der Waals surface area contributed by atoms with Crippen molar-refractivity contribution in [2.24, 2.45) is 0 Å². The zero-order chi connectivity index (χ0) is 23.7. The van der Waals surface area contributed by atoms with E-state index in [1.807, 2.05) is 6.07 Å². The fourth-order valence-corrected chi connectivity index (χ4v) is 3.83. The molecule has 0 spiro atoms. The molecule has 2 amide bonds. The molecule has 0 bridgehead atoms. The van der Waals surface area contributed by atoms with Crippen molar-refractivity contribution in [3.8, 4) is 0 Å². The molecule has 0 atom stereocenters. The number of anilines is 1. The average molecular weight is 463 g/mol. The van der Waals surface area contributed by atoms with Gasteiger partial charge in [-0.1, -0.05) is 24.3 Å². The monoisotopic (exact) mass is 463 g/mol. The first-order valence-electron chi connectivity index (χ1n) is 9.69. The number of fused-ring (bicyclic) bond motifs is 1. The topological polar surface area (TPSA) is 118 Å². The van der Waals surface area contributed by atoms with Crippen LogP contribution in [0.15, 0.2) is 60.3 Å². The van der Waals surface area contributed by atoms with Gasteiger partial charge in [0.2, 0.25) is 0 Å². The Kier molecular flexibility index (Phi) is 5.76. The molecule has 1 aliphatic rings. The van der Waals surface area contributed by atoms with Crippen molar-refractivity contribution in [1.82, 2.24) is 9.88 Å². The Bertz CT molecular complexity index is 1370. The van der Waals surface area contributed by atoms with E-state index in [9.17, 15) is 24.3 Å². The highest BCUT2D eigenvalue weighted by Crippen LogP contribution is 2.27. The molecule has 1 aromatic heterocycles. The van der Waals surface area contributed by atoms with Crippen LogP contribution < -0.4 is 10.2 Å². The molecule has 1 fully saturated rings. The quantitative estimate of drug-likeness (QED) is 0.258. The zero-order valence-electron chi connectivity index (χ0n) is 17.3. The van der Waals surface area contributed by atoms with Crippen LogP contribution in [0, 0.1) is 0 Å². The number of carbonyl (C=O) groups excluding carboxylic acids is 3. The summed E-state index contributed by atoms with van der Waals surface area (Å²) in [4.78, 5) is 50.1. The summed E-state index contributed by atoms with van der Waals surface area (Å²) < 4.78 is 6.41. The van der Waals surface area contributed by atoms with Crippen molar-refractivity contribution in [3.05, 3.63) is 71.4 Å². The van der Waals surface area contributed by atoms with Gasteiger partial charge in [-0.2, -0.15) is 0 Å². The number of carbonyl (C=O) groups is 4. The van der Waals surface area contributed by atoms with Crippen LogP contribution in [0.25, 0.3) is 17.0 Å². The number of hydrogen-bond donors (Lipinski definition) is 2. The summed E-state index contributed by atoms with van der Waals surface area (Å²) in [6, 6.07) is 12.9. The van der Waals surface area contributed by atoms with Crippen LogP contribution in [-0.2, 0) is 25.7 Å². The predicted octanol–water partition coefficient (Wildman–Crippen LogP) is 2.34. The second-order valence-corrected chi connectivity index (χ2v) is 7.51. The lowest BCUT2D eigenvalue weighted by Crippen LogP contribution is -2.54. The maximum absolute atomic E-state index is 13.3. The number of ether oxygens (including phenoxy) is 1. The van der Waals surface area contributed by atoms with Gasteiger partial charge in [0, 0.05) is 22.7 Å². The number of esters is 1. The lowest BCUT2D eigenvalue weighted by Gasteiger charge is -2.29. The minimum Gasteiger partial charge on any atom is -0.478 e. The molecule has 166 valence electrons. The number of carboxylic acids is 1. The van der Waals surface area contributed by atoms with E-state index in [-0.39, 0.29) is 28.5 Å². The van der Waals surface area contributed by atoms with E-state index in [4.69, 9.17) is 17.0 Å². The van der Waals surface area contributed by atoms with Gasteiger partial charge in [0.25, 0.3) is 11.8 Å². The Morgan fingerprint density at radius 2 is 1.91 bits per heavy atom. The van der Waals surface area contributed by atoms with Gasteiger partial charge in [-0.25, -0.2) is 4.79 Å². The van der Waals surface area contributed by atoms with E-state index in [2.05, 4.69) is 5.32 Å². The third-order valence-electron chi connectivity index (χ3n) is 5.10. The minimum atomic E-state index is -1.16. The highest BCUT2D eigenvalue weighted by Gasteiger charge is 2.35. The number of aromatic carboxylic acids is 1. The van der Waals surface area contributed by atoms with E-state index in [1.54, 1.807) is 29.0 Å². The molecule has 2 N–H and O–H groups in total. The number of rotatable bonds is 5. The summed E-state index contributed by atoms with van der Waals surface area (Å²) in [5.74, 6) is -2.99. The number of methoxy groups -OCH3 is 1. The van der Waals surface area contributed by atoms with Gasteiger partial charge >= 0.3 is 11.9 Å². The maximum atomic E-state index is 13.3. The molecule has 4 rings (SSSR count). The van der Waals surface area contributed by atoms with E-state index in [1.165, 1.54) is 37.5 Å². The number of aromatic nitrogens is 1. The molecule has 2 aromatic carbocycles. The molecule has 2 heterocycles. The molecule has 9 nitrogen and oxygen atoms in total. The SMILES string of the molecule is COC(=O)Cn1cc(C=C2C(=O)NC(=S)N(c3cccc(C(=O)O)c3)C2=O)c2ccccc21. The maximum Gasteiger partial charge on any atom is 0.335 e. The van der Waals surface area contributed by atoms with Crippen molar-refractivity contribution in [1.29, 1.82) is 0 Å². The van der Waals surface area contributed by atoms with Gasteiger partial charge in [0.05, 0.1) is 18.4 Å². The number of hydrogen-bond acceptors (Lipinski definition) is 6. The first-order chi connectivity index (χ1) is 15.8. The highest BCUT2D eigenvalue weighted by atomic mass is 32.1. The van der Waals surface area contributed by atoms with E-state index in [0.717, 1.165) is 15.8 Å². The molecule has 0 unspecified atom stereocenters. The van der Waals surface area contributed by atoms with Crippen LogP contribution in [0.5, 0.6) is 0 Å². The number of thiocarbonyl (C=S) groups is 1. The van der Waals surface area contributed by atoms with Crippen LogP contribution >= 0.6 is 12.2 Å². The van der Waals surface area contributed by atoms with Crippen molar-refractivity contribution < 1.29 is 29.0 Å². The van der Waals surface area contributed by atoms with Crippen LogP contribution in [0.4, 0.5) is 5.69 Å². The largest absolute Gasteiger partial charge is 0.478 e. The van der Waals surface area contributed by atoms with Gasteiger partial charge in [0.15, 0.2) is 5.11 Å². The minimum absolute atomic E-state index is 0.0311. The first-order valence-corrected chi connectivity index (χ1v) is 10.1. The molecule has 10 heteroatoms. The van der Waals surface area contributed by atoms with E-state index < -0.39 is 23.8 Å². The molecule has 0 saturated carbocycles. The summed E-state index contributed by atoms with van der Waals surface area (Å²) >= 11 is 5.17. The summed E-state index contributed by atoms with van der Waals surface area (Å²) in [7, 11) is 1.29. The summed E-state index contributed by atoms with van der Waals surface area (Å²) in [5.41, 5.74) is 1.26. The third kappa shape index (κ3) is 4.11. The van der Waals surface area contributed by atoms with Crippen LogP contribution in [0.3, 0.4) is 0 Å². The number of carboxylic acid groups (broad SMARTS) is 1. The Hall–Kier alpha value is -4.31. The molecule has 33 heavy (non-hydrogen) atoms. The number of nitrogens with zero attached hydrogens (tertiary/aromatic N) is 2. The fourth-order valence-electron chi connectivity index (χ4n) is 3.55. The zero-order valence-corrected chi connectivity index (χ0v) is 18.1. The van der Waals surface area contributed by atoms with Gasteiger partial charge in [0.1, 0.15) is 12.1 Å². The lowest BCUT2D eigenvalue weighted by atomic mass is 10.1.